The zero-order valence-electron chi connectivity index (χ0n) is 13.6. The van der Waals surface area contributed by atoms with E-state index in [0.29, 0.717) is 30.2 Å². The summed E-state index contributed by atoms with van der Waals surface area (Å²) in [5.74, 6) is -0.276. The molecule has 1 saturated heterocycles. The molecule has 0 radical (unpaired) electrons. The number of nitrogens with two attached hydrogens (primary N) is 1. The van der Waals surface area contributed by atoms with Gasteiger partial charge >= 0.3 is 0 Å². The number of likely N-dealkylation sites (tertiary alicyclic amines) is 1. The standard InChI is InChI=1S/C16H22N2O5/c1-21-9-10-7-18(8-12(10)15(17)19)16(20)11-5-4-6-13(22-2)14(11)23-3/h4-6,10,12H,7-9H2,1-3H3,(H2,17,19)/t10-,12+/m0/s1. The molecule has 1 aromatic carbocycles. The van der Waals surface area contributed by atoms with Crippen LogP contribution >= 0.6 is 0 Å². The average molecular weight is 322 g/mol. The first kappa shape index (κ1) is 17.1. The van der Waals surface area contributed by atoms with Crippen molar-refractivity contribution in [1.82, 2.24) is 4.90 Å². The minimum atomic E-state index is -0.417. The van der Waals surface area contributed by atoms with Crippen LogP contribution in [0.2, 0.25) is 0 Å². The fourth-order valence-corrected chi connectivity index (χ4v) is 2.97. The molecule has 0 spiro atoms. The molecule has 2 rings (SSSR count). The summed E-state index contributed by atoms with van der Waals surface area (Å²) < 4.78 is 15.7. The fourth-order valence-electron chi connectivity index (χ4n) is 2.97. The number of rotatable bonds is 6. The van der Waals surface area contributed by atoms with E-state index >= 15 is 0 Å². The first-order valence-electron chi connectivity index (χ1n) is 7.32. The third kappa shape index (κ3) is 3.39. The topological polar surface area (TPSA) is 91.1 Å². The van der Waals surface area contributed by atoms with Gasteiger partial charge in [-0.3, -0.25) is 9.59 Å². The van der Waals surface area contributed by atoms with Crippen molar-refractivity contribution in [3.05, 3.63) is 23.8 Å². The van der Waals surface area contributed by atoms with Gasteiger partial charge < -0.3 is 24.8 Å². The van der Waals surface area contributed by atoms with E-state index < -0.39 is 11.8 Å². The predicted molar refractivity (Wildman–Crippen MR) is 83.5 cm³/mol. The van der Waals surface area contributed by atoms with Crippen LogP contribution in [0.15, 0.2) is 18.2 Å². The molecule has 0 saturated carbocycles. The molecule has 0 aromatic heterocycles. The number of carbonyl (C=O) groups excluding carboxylic acids is 2. The summed E-state index contributed by atoms with van der Waals surface area (Å²) in [5, 5.41) is 0. The molecule has 1 heterocycles. The van der Waals surface area contributed by atoms with Gasteiger partial charge in [0.25, 0.3) is 5.91 Å². The Morgan fingerprint density at radius 2 is 1.96 bits per heavy atom. The first-order chi connectivity index (χ1) is 11.0. The fraction of sp³-hybridized carbons (Fsp3) is 0.500. The minimum Gasteiger partial charge on any atom is -0.493 e. The molecule has 126 valence electrons. The molecular weight excluding hydrogens is 300 g/mol. The highest BCUT2D eigenvalue weighted by Crippen LogP contribution is 2.33. The van der Waals surface area contributed by atoms with Gasteiger partial charge in [-0.1, -0.05) is 6.07 Å². The largest absolute Gasteiger partial charge is 0.493 e. The molecule has 0 aliphatic carbocycles. The Labute approximate surface area is 135 Å². The second-order valence-electron chi connectivity index (χ2n) is 5.48. The van der Waals surface area contributed by atoms with Gasteiger partial charge in [0.05, 0.1) is 32.3 Å². The van der Waals surface area contributed by atoms with E-state index in [1.54, 1.807) is 30.2 Å². The van der Waals surface area contributed by atoms with Gasteiger partial charge in [0.15, 0.2) is 11.5 Å². The smallest absolute Gasteiger partial charge is 0.257 e. The van der Waals surface area contributed by atoms with E-state index in [1.165, 1.54) is 14.2 Å². The quantitative estimate of drug-likeness (QED) is 0.824. The maximum Gasteiger partial charge on any atom is 0.257 e. The number of ether oxygens (including phenoxy) is 3. The molecule has 2 N–H and O–H groups in total. The Kier molecular flexibility index (Phi) is 5.44. The second-order valence-corrected chi connectivity index (χ2v) is 5.48. The molecule has 1 aromatic rings. The highest BCUT2D eigenvalue weighted by molar-refractivity contribution is 5.98. The molecule has 1 aliphatic rings. The van der Waals surface area contributed by atoms with Crippen molar-refractivity contribution < 1.29 is 23.8 Å². The predicted octanol–water partition coefficient (Wildman–Crippen LogP) is 0.524. The summed E-state index contributed by atoms with van der Waals surface area (Å²) in [7, 11) is 4.56. The molecule has 1 fully saturated rings. The molecule has 1 aliphatic heterocycles. The van der Waals surface area contributed by atoms with Crippen molar-refractivity contribution in [2.45, 2.75) is 0 Å². The van der Waals surface area contributed by atoms with Crippen LogP contribution in [-0.4, -0.2) is 57.7 Å². The van der Waals surface area contributed by atoms with Crippen LogP contribution in [0, 0.1) is 11.8 Å². The van der Waals surface area contributed by atoms with E-state index in [-0.39, 0.29) is 18.4 Å². The Hall–Kier alpha value is -2.28. The Morgan fingerprint density at radius 3 is 2.52 bits per heavy atom. The van der Waals surface area contributed by atoms with E-state index in [1.807, 2.05) is 0 Å². The van der Waals surface area contributed by atoms with Crippen LogP contribution < -0.4 is 15.2 Å². The van der Waals surface area contributed by atoms with Crippen LogP contribution in [-0.2, 0) is 9.53 Å². The van der Waals surface area contributed by atoms with Gasteiger partial charge in [-0.05, 0) is 12.1 Å². The Bertz CT molecular complexity index is 590. The van der Waals surface area contributed by atoms with Crippen LogP contribution in [0.3, 0.4) is 0 Å². The summed E-state index contributed by atoms with van der Waals surface area (Å²) in [6.07, 6.45) is 0. The third-order valence-electron chi connectivity index (χ3n) is 4.11. The molecule has 7 heteroatoms. The van der Waals surface area contributed by atoms with Crippen LogP contribution in [0.1, 0.15) is 10.4 Å². The number of benzene rings is 1. The van der Waals surface area contributed by atoms with Crippen molar-refractivity contribution in [3.8, 4) is 11.5 Å². The molecule has 0 bridgehead atoms. The summed E-state index contributed by atoms with van der Waals surface area (Å²) in [5.41, 5.74) is 5.84. The number of para-hydroxylation sites is 1. The van der Waals surface area contributed by atoms with E-state index in [0.717, 1.165) is 0 Å². The zero-order valence-corrected chi connectivity index (χ0v) is 13.6. The number of nitrogens with zero attached hydrogens (tertiary/aromatic N) is 1. The van der Waals surface area contributed by atoms with E-state index in [9.17, 15) is 9.59 Å². The van der Waals surface area contributed by atoms with Crippen LogP contribution in [0.4, 0.5) is 0 Å². The number of hydrogen-bond donors (Lipinski definition) is 1. The zero-order chi connectivity index (χ0) is 17.0. The number of carbonyl (C=O) groups is 2. The summed E-state index contributed by atoms with van der Waals surface area (Å²) in [6, 6.07) is 5.12. The maximum atomic E-state index is 12.8. The van der Waals surface area contributed by atoms with Crippen molar-refractivity contribution in [2.24, 2.45) is 17.6 Å². The van der Waals surface area contributed by atoms with Crippen molar-refractivity contribution in [2.75, 3.05) is 41.0 Å². The number of amides is 2. The molecule has 2 amide bonds. The molecule has 0 unspecified atom stereocenters. The second kappa shape index (κ2) is 7.32. The lowest BCUT2D eigenvalue weighted by Gasteiger charge is -2.19. The highest BCUT2D eigenvalue weighted by atomic mass is 16.5. The van der Waals surface area contributed by atoms with Gasteiger partial charge in [-0.15, -0.1) is 0 Å². The lowest BCUT2D eigenvalue weighted by Crippen LogP contribution is -2.32. The number of hydrogen-bond acceptors (Lipinski definition) is 5. The lowest BCUT2D eigenvalue weighted by molar-refractivity contribution is -0.122. The lowest BCUT2D eigenvalue weighted by atomic mass is 9.96. The third-order valence-corrected chi connectivity index (χ3v) is 4.11. The summed E-state index contributed by atoms with van der Waals surface area (Å²) in [4.78, 5) is 26.0. The first-order valence-corrected chi connectivity index (χ1v) is 7.32. The van der Waals surface area contributed by atoms with Crippen LogP contribution in [0.5, 0.6) is 11.5 Å². The van der Waals surface area contributed by atoms with Gasteiger partial charge in [-0.2, -0.15) is 0 Å². The Balaban J connectivity index is 2.26. The SMILES string of the molecule is COC[C@@H]1CN(C(=O)c2cccc(OC)c2OC)C[C@H]1C(N)=O. The molecule has 2 atom stereocenters. The van der Waals surface area contributed by atoms with Crippen molar-refractivity contribution >= 4 is 11.8 Å². The molecule has 23 heavy (non-hydrogen) atoms. The van der Waals surface area contributed by atoms with E-state index in [2.05, 4.69) is 0 Å². The van der Waals surface area contributed by atoms with Gasteiger partial charge in [0.2, 0.25) is 5.91 Å². The van der Waals surface area contributed by atoms with Crippen molar-refractivity contribution in [1.29, 1.82) is 0 Å². The maximum absolute atomic E-state index is 12.8. The minimum absolute atomic E-state index is 0.0990. The monoisotopic (exact) mass is 322 g/mol. The van der Waals surface area contributed by atoms with Crippen molar-refractivity contribution in [3.63, 3.8) is 0 Å². The van der Waals surface area contributed by atoms with Crippen LogP contribution in [0.25, 0.3) is 0 Å². The Morgan fingerprint density at radius 1 is 1.22 bits per heavy atom. The average Bonchev–Trinajstić information content (AvgIpc) is 2.97. The van der Waals surface area contributed by atoms with Gasteiger partial charge in [-0.25, -0.2) is 0 Å². The summed E-state index contributed by atoms with van der Waals surface area (Å²) in [6.45, 7) is 1.08. The molecule has 7 nitrogen and oxygen atoms in total. The van der Waals surface area contributed by atoms with Gasteiger partial charge in [0, 0.05) is 26.1 Å². The molecular formula is C16H22N2O5. The number of methoxy groups -OCH3 is 3. The van der Waals surface area contributed by atoms with Gasteiger partial charge in [0.1, 0.15) is 0 Å². The highest BCUT2D eigenvalue weighted by Gasteiger charge is 2.39. The van der Waals surface area contributed by atoms with E-state index in [4.69, 9.17) is 19.9 Å². The normalized spacial score (nSPS) is 20.4. The summed E-state index contributed by atoms with van der Waals surface area (Å²) >= 11 is 0. The number of primary amides is 1.